The Morgan fingerprint density at radius 1 is 1.50 bits per heavy atom. The van der Waals surface area contributed by atoms with Gasteiger partial charge in [-0.15, -0.1) is 0 Å². The molecule has 102 valence electrons. The van der Waals surface area contributed by atoms with Gasteiger partial charge in [0.2, 0.25) is 0 Å². The number of piperidine rings is 1. The van der Waals surface area contributed by atoms with Crippen molar-refractivity contribution in [1.29, 1.82) is 5.41 Å². The quantitative estimate of drug-likeness (QED) is 0.372. The number of amidine groups is 1. The van der Waals surface area contributed by atoms with Gasteiger partial charge in [-0.05, 0) is 51.3 Å². The molecule has 0 atom stereocenters. The highest BCUT2D eigenvalue weighted by atomic mass is 16.2. The van der Waals surface area contributed by atoms with Crippen LogP contribution in [0.25, 0.3) is 0 Å². The maximum Gasteiger partial charge on any atom is 0.320 e. The molecule has 1 saturated heterocycles. The number of hydrogen-bond acceptors (Lipinski definition) is 4. The fraction of sp³-hybridized carbons (Fsp3) is 0.667. The van der Waals surface area contributed by atoms with Crippen LogP contribution in [0.4, 0.5) is 4.79 Å². The van der Waals surface area contributed by atoms with Crippen molar-refractivity contribution in [3.63, 3.8) is 0 Å². The van der Waals surface area contributed by atoms with Gasteiger partial charge in [-0.2, -0.15) is 0 Å². The summed E-state index contributed by atoms with van der Waals surface area (Å²) >= 11 is 0. The third-order valence-corrected chi connectivity index (χ3v) is 2.90. The summed E-state index contributed by atoms with van der Waals surface area (Å²) in [5, 5.41) is 15.9. The lowest BCUT2D eigenvalue weighted by atomic mass is 9.93. The average Bonchev–Trinajstić information content (AvgIpc) is 2.29. The van der Waals surface area contributed by atoms with E-state index < -0.39 is 0 Å². The van der Waals surface area contributed by atoms with Gasteiger partial charge in [-0.25, -0.2) is 4.79 Å². The topological polar surface area (TPSA) is 103 Å². The van der Waals surface area contributed by atoms with Gasteiger partial charge in [0.1, 0.15) is 5.84 Å². The SMILES string of the molecule is CCNC(=O)NC(=N)/C=C(\N)CC1CCNCC1. The molecule has 1 heterocycles. The number of hydrogen-bond donors (Lipinski definition) is 5. The van der Waals surface area contributed by atoms with E-state index in [-0.39, 0.29) is 11.9 Å². The van der Waals surface area contributed by atoms with Gasteiger partial charge in [0.05, 0.1) is 0 Å². The molecule has 0 unspecified atom stereocenters. The molecule has 0 aliphatic carbocycles. The second-order valence-corrected chi connectivity index (χ2v) is 4.51. The van der Waals surface area contributed by atoms with Crippen LogP contribution < -0.4 is 21.7 Å². The molecule has 0 aromatic rings. The van der Waals surface area contributed by atoms with E-state index in [1.165, 1.54) is 6.08 Å². The van der Waals surface area contributed by atoms with Crippen LogP contribution in [-0.4, -0.2) is 31.5 Å². The van der Waals surface area contributed by atoms with Crippen LogP contribution in [0.1, 0.15) is 26.2 Å². The normalized spacial score (nSPS) is 17.3. The highest BCUT2D eigenvalue weighted by molar-refractivity contribution is 6.02. The molecule has 0 bridgehead atoms. The van der Waals surface area contributed by atoms with Crippen molar-refractivity contribution < 1.29 is 4.79 Å². The molecule has 6 nitrogen and oxygen atoms in total. The molecule has 0 saturated carbocycles. The summed E-state index contributed by atoms with van der Waals surface area (Å²) < 4.78 is 0. The van der Waals surface area contributed by atoms with Crippen LogP contribution in [0, 0.1) is 11.3 Å². The molecule has 0 aromatic carbocycles. The van der Waals surface area contributed by atoms with Crippen molar-refractivity contribution >= 4 is 11.9 Å². The Morgan fingerprint density at radius 2 is 2.17 bits per heavy atom. The Hall–Kier alpha value is -1.56. The molecular weight excluding hydrogens is 230 g/mol. The van der Waals surface area contributed by atoms with Crippen molar-refractivity contribution in [3.8, 4) is 0 Å². The summed E-state index contributed by atoms with van der Waals surface area (Å²) in [6.07, 6.45) is 4.55. The Morgan fingerprint density at radius 3 is 2.78 bits per heavy atom. The highest BCUT2D eigenvalue weighted by Gasteiger charge is 2.13. The molecule has 0 radical (unpaired) electrons. The van der Waals surface area contributed by atoms with Crippen molar-refractivity contribution in [3.05, 3.63) is 11.8 Å². The minimum absolute atomic E-state index is 0.0346. The highest BCUT2D eigenvalue weighted by Crippen LogP contribution is 2.18. The molecule has 0 aromatic heterocycles. The largest absolute Gasteiger partial charge is 0.402 e. The maximum atomic E-state index is 11.2. The first-order chi connectivity index (χ1) is 8.61. The Kier molecular flexibility index (Phi) is 6.21. The number of carbonyl (C=O) groups is 1. The minimum atomic E-state index is -0.367. The van der Waals surface area contributed by atoms with Crippen molar-refractivity contribution in [1.82, 2.24) is 16.0 Å². The summed E-state index contributed by atoms with van der Waals surface area (Å²) in [6.45, 7) is 4.43. The zero-order valence-corrected chi connectivity index (χ0v) is 10.9. The molecular formula is C12H23N5O. The summed E-state index contributed by atoms with van der Waals surface area (Å²) in [5.41, 5.74) is 6.54. The van der Waals surface area contributed by atoms with Gasteiger partial charge in [0, 0.05) is 12.2 Å². The lowest BCUT2D eigenvalue weighted by molar-refractivity contribution is 0.246. The van der Waals surface area contributed by atoms with E-state index in [0.717, 1.165) is 32.4 Å². The second kappa shape index (κ2) is 7.71. The number of nitrogens with two attached hydrogens (primary N) is 1. The van der Waals surface area contributed by atoms with Gasteiger partial charge in [0.15, 0.2) is 0 Å². The third-order valence-electron chi connectivity index (χ3n) is 2.90. The average molecular weight is 253 g/mol. The molecule has 1 aliphatic rings. The third kappa shape index (κ3) is 5.67. The van der Waals surface area contributed by atoms with E-state index >= 15 is 0 Å². The molecule has 1 fully saturated rings. The number of carbonyl (C=O) groups excluding carboxylic acids is 1. The van der Waals surface area contributed by atoms with Gasteiger partial charge in [-0.1, -0.05) is 0 Å². The lowest BCUT2D eigenvalue weighted by Gasteiger charge is -2.22. The summed E-state index contributed by atoms with van der Waals surface area (Å²) in [7, 11) is 0. The van der Waals surface area contributed by atoms with Crippen molar-refractivity contribution in [2.24, 2.45) is 11.7 Å². The van der Waals surface area contributed by atoms with E-state index in [0.29, 0.717) is 18.2 Å². The van der Waals surface area contributed by atoms with Gasteiger partial charge in [0.25, 0.3) is 0 Å². The van der Waals surface area contributed by atoms with Gasteiger partial charge >= 0.3 is 6.03 Å². The Labute approximate surface area is 108 Å². The fourth-order valence-corrected chi connectivity index (χ4v) is 2.03. The van der Waals surface area contributed by atoms with Crippen LogP contribution in [0.3, 0.4) is 0 Å². The number of urea groups is 1. The number of rotatable bonds is 4. The standard InChI is InChI=1S/C12H23N5O/c1-2-16-12(18)17-11(14)8-10(13)7-9-3-5-15-6-4-9/h8-9,15H,2-7,13H2,1H3,(H3,14,16,17,18)/b10-8-. The molecule has 1 aliphatic heterocycles. The zero-order chi connectivity index (χ0) is 13.4. The summed E-state index contributed by atoms with van der Waals surface area (Å²) in [5.74, 6) is 0.618. The number of allylic oxidation sites excluding steroid dienone is 1. The molecule has 1 rings (SSSR count). The zero-order valence-electron chi connectivity index (χ0n) is 10.9. The predicted molar refractivity (Wildman–Crippen MR) is 72.4 cm³/mol. The smallest absolute Gasteiger partial charge is 0.320 e. The second-order valence-electron chi connectivity index (χ2n) is 4.51. The number of nitrogens with one attached hydrogen (secondary N) is 4. The summed E-state index contributed by atoms with van der Waals surface area (Å²) in [6, 6.07) is -0.367. The first kappa shape index (κ1) is 14.5. The molecule has 6 heteroatoms. The first-order valence-corrected chi connectivity index (χ1v) is 6.42. The van der Waals surface area contributed by atoms with E-state index in [4.69, 9.17) is 11.1 Å². The Bertz CT molecular complexity index is 320. The first-order valence-electron chi connectivity index (χ1n) is 6.42. The van der Waals surface area contributed by atoms with Crippen molar-refractivity contribution in [2.45, 2.75) is 26.2 Å². The molecule has 6 N–H and O–H groups in total. The molecule has 0 spiro atoms. The number of amides is 2. The monoisotopic (exact) mass is 253 g/mol. The Balaban J connectivity index is 2.34. The van der Waals surface area contributed by atoms with Crippen LogP contribution in [0.5, 0.6) is 0 Å². The van der Waals surface area contributed by atoms with Gasteiger partial charge in [-0.3, -0.25) is 10.7 Å². The summed E-state index contributed by atoms with van der Waals surface area (Å²) in [4.78, 5) is 11.2. The molecule has 2 amide bonds. The van der Waals surface area contributed by atoms with E-state index in [1.807, 2.05) is 6.92 Å². The predicted octanol–water partition coefficient (Wildman–Crippen LogP) is 0.515. The van der Waals surface area contributed by atoms with Crippen LogP contribution in [-0.2, 0) is 0 Å². The molecule has 18 heavy (non-hydrogen) atoms. The minimum Gasteiger partial charge on any atom is -0.402 e. The lowest BCUT2D eigenvalue weighted by Crippen LogP contribution is -2.38. The van der Waals surface area contributed by atoms with E-state index in [9.17, 15) is 4.79 Å². The van der Waals surface area contributed by atoms with Crippen molar-refractivity contribution in [2.75, 3.05) is 19.6 Å². The maximum absolute atomic E-state index is 11.2. The van der Waals surface area contributed by atoms with E-state index in [2.05, 4.69) is 16.0 Å². The van der Waals surface area contributed by atoms with E-state index in [1.54, 1.807) is 0 Å². The van der Waals surface area contributed by atoms with Gasteiger partial charge < -0.3 is 16.4 Å². The van der Waals surface area contributed by atoms with Crippen LogP contribution in [0.15, 0.2) is 11.8 Å². The van der Waals surface area contributed by atoms with Crippen LogP contribution in [0.2, 0.25) is 0 Å². The van der Waals surface area contributed by atoms with Crippen LogP contribution >= 0.6 is 0 Å². The fourth-order valence-electron chi connectivity index (χ4n) is 2.03.